The van der Waals surface area contributed by atoms with E-state index >= 15 is 0 Å². The minimum Gasteiger partial charge on any atom is -0.301 e. The second-order valence-corrected chi connectivity index (χ2v) is 6.12. The molecule has 0 aliphatic rings. The van der Waals surface area contributed by atoms with Crippen LogP contribution in [-0.4, -0.2) is 32.2 Å². The van der Waals surface area contributed by atoms with Gasteiger partial charge in [-0.2, -0.15) is 0 Å². The molecule has 2 aromatic heterocycles. The molecule has 8 nitrogen and oxygen atoms in total. The van der Waals surface area contributed by atoms with Crippen LogP contribution in [-0.2, 0) is 9.59 Å². The Morgan fingerprint density at radius 1 is 1.00 bits per heavy atom. The van der Waals surface area contributed by atoms with E-state index in [-0.39, 0.29) is 11.8 Å². The molecule has 0 aliphatic heterocycles. The summed E-state index contributed by atoms with van der Waals surface area (Å²) in [5, 5.41) is 20.3. The Hall–Kier alpha value is -2.39. The lowest BCUT2D eigenvalue weighted by molar-refractivity contribution is -0.129. The van der Waals surface area contributed by atoms with Gasteiger partial charge in [0.15, 0.2) is 0 Å². The van der Waals surface area contributed by atoms with Crippen molar-refractivity contribution in [2.24, 2.45) is 0 Å². The Balaban J connectivity index is 1.66. The first-order valence-electron chi connectivity index (χ1n) is 7.65. The third-order valence-corrected chi connectivity index (χ3v) is 4.17. The minimum atomic E-state index is -0.381. The second-order valence-electron chi connectivity index (χ2n) is 5.15. The van der Waals surface area contributed by atoms with E-state index in [9.17, 15) is 9.59 Å². The number of hydroxylamine groups is 1. The Bertz CT molecular complexity index is 662. The van der Waals surface area contributed by atoms with Gasteiger partial charge in [-0.1, -0.05) is 24.2 Å². The molecule has 0 saturated heterocycles. The summed E-state index contributed by atoms with van der Waals surface area (Å²) >= 11 is 1.32. The first kappa shape index (κ1) is 18.0. The van der Waals surface area contributed by atoms with Crippen molar-refractivity contribution in [2.45, 2.75) is 38.5 Å². The predicted molar refractivity (Wildman–Crippen MR) is 89.4 cm³/mol. The molecule has 2 rings (SSSR count). The molecule has 0 aliphatic carbocycles. The van der Waals surface area contributed by atoms with Crippen molar-refractivity contribution >= 4 is 28.3 Å². The lowest BCUT2D eigenvalue weighted by Crippen LogP contribution is -2.17. The first-order chi connectivity index (χ1) is 11.7. The van der Waals surface area contributed by atoms with E-state index in [1.165, 1.54) is 11.3 Å². The van der Waals surface area contributed by atoms with Crippen molar-refractivity contribution in [1.82, 2.24) is 20.7 Å². The van der Waals surface area contributed by atoms with E-state index in [0.29, 0.717) is 24.4 Å². The number of anilines is 1. The van der Waals surface area contributed by atoms with Crippen LogP contribution in [0, 0.1) is 0 Å². The van der Waals surface area contributed by atoms with Gasteiger partial charge in [-0.15, -0.1) is 10.2 Å². The van der Waals surface area contributed by atoms with Crippen LogP contribution in [0.5, 0.6) is 0 Å². The highest BCUT2D eigenvalue weighted by Crippen LogP contribution is 2.25. The average molecular weight is 349 g/mol. The molecule has 0 fully saturated rings. The monoisotopic (exact) mass is 349 g/mol. The van der Waals surface area contributed by atoms with Gasteiger partial charge in [-0.3, -0.25) is 19.8 Å². The maximum atomic E-state index is 11.9. The first-order valence-corrected chi connectivity index (χ1v) is 8.47. The standard InChI is InChI=1S/C15H19N5O3S/c21-12(5-3-1-2-4-6-13(22)20-23)17-15-19-18-14(24-15)11-7-9-16-10-8-11/h7-10,23H,1-6H2,(H,20,22)(H,17,19,21). The summed E-state index contributed by atoms with van der Waals surface area (Å²) < 4.78 is 0. The van der Waals surface area contributed by atoms with Crippen LogP contribution in [0.2, 0.25) is 0 Å². The Morgan fingerprint density at radius 3 is 2.33 bits per heavy atom. The summed E-state index contributed by atoms with van der Waals surface area (Å²) in [4.78, 5) is 26.6. The number of hydrogen-bond donors (Lipinski definition) is 3. The minimum absolute atomic E-state index is 0.0967. The van der Waals surface area contributed by atoms with E-state index in [0.717, 1.165) is 29.8 Å². The zero-order chi connectivity index (χ0) is 17.2. The van der Waals surface area contributed by atoms with E-state index in [2.05, 4.69) is 20.5 Å². The number of aromatic nitrogens is 3. The maximum absolute atomic E-state index is 11.9. The van der Waals surface area contributed by atoms with Crippen molar-refractivity contribution in [2.75, 3.05) is 5.32 Å². The number of amides is 2. The summed E-state index contributed by atoms with van der Waals surface area (Å²) in [7, 11) is 0. The van der Waals surface area contributed by atoms with Crippen molar-refractivity contribution in [3.8, 4) is 10.6 Å². The highest BCUT2D eigenvalue weighted by atomic mass is 32.1. The SMILES string of the molecule is O=C(CCCCCCC(=O)Nc1nnc(-c2ccncc2)s1)NO. The third-order valence-electron chi connectivity index (χ3n) is 3.28. The van der Waals surface area contributed by atoms with Crippen LogP contribution in [0.3, 0.4) is 0 Å². The van der Waals surface area contributed by atoms with Crippen LogP contribution in [0.1, 0.15) is 38.5 Å². The van der Waals surface area contributed by atoms with Gasteiger partial charge in [-0.05, 0) is 25.0 Å². The van der Waals surface area contributed by atoms with E-state index < -0.39 is 0 Å². The van der Waals surface area contributed by atoms with Crippen LogP contribution in [0.25, 0.3) is 10.6 Å². The van der Waals surface area contributed by atoms with E-state index in [1.54, 1.807) is 17.9 Å². The van der Waals surface area contributed by atoms with Crippen molar-refractivity contribution in [3.05, 3.63) is 24.5 Å². The van der Waals surface area contributed by atoms with Gasteiger partial charge < -0.3 is 5.32 Å². The zero-order valence-electron chi connectivity index (χ0n) is 13.1. The van der Waals surface area contributed by atoms with Crippen molar-refractivity contribution in [3.63, 3.8) is 0 Å². The fourth-order valence-electron chi connectivity index (χ4n) is 2.05. The smallest absolute Gasteiger partial charge is 0.243 e. The Labute approximate surface area is 143 Å². The van der Waals surface area contributed by atoms with Crippen molar-refractivity contribution < 1.29 is 14.8 Å². The van der Waals surface area contributed by atoms with Gasteiger partial charge in [-0.25, -0.2) is 5.48 Å². The molecule has 0 unspecified atom stereocenters. The fourth-order valence-corrected chi connectivity index (χ4v) is 2.81. The highest BCUT2D eigenvalue weighted by Gasteiger charge is 2.09. The summed E-state index contributed by atoms with van der Waals surface area (Å²) in [6, 6.07) is 3.67. The number of nitrogens with one attached hydrogen (secondary N) is 2. The lowest BCUT2D eigenvalue weighted by Gasteiger charge is -2.02. The summed E-state index contributed by atoms with van der Waals surface area (Å²) in [6.07, 6.45) is 7.18. The van der Waals surface area contributed by atoms with Crippen LogP contribution < -0.4 is 10.8 Å². The Kier molecular flexibility index (Phi) is 7.24. The average Bonchev–Trinajstić information content (AvgIpc) is 3.07. The van der Waals surface area contributed by atoms with Crippen molar-refractivity contribution in [1.29, 1.82) is 0 Å². The molecule has 2 heterocycles. The molecule has 0 bridgehead atoms. The van der Waals surface area contributed by atoms with Gasteiger partial charge in [0.1, 0.15) is 5.01 Å². The van der Waals surface area contributed by atoms with Crippen LogP contribution in [0.15, 0.2) is 24.5 Å². The number of carbonyl (C=O) groups is 2. The zero-order valence-corrected chi connectivity index (χ0v) is 13.9. The molecule has 0 saturated carbocycles. The van der Waals surface area contributed by atoms with Crippen LogP contribution >= 0.6 is 11.3 Å². The molecule has 0 atom stereocenters. The van der Waals surface area contributed by atoms with Gasteiger partial charge in [0.25, 0.3) is 0 Å². The predicted octanol–water partition coefficient (Wildman–Crippen LogP) is 2.38. The number of hydrogen-bond acceptors (Lipinski definition) is 7. The number of rotatable bonds is 9. The van der Waals surface area contributed by atoms with E-state index in [1.807, 2.05) is 12.1 Å². The number of nitrogens with zero attached hydrogens (tertiary/aromatic N) is 3. The fraction of sp³-hybridized carbons (Fsp3) is 0.400. The molecule has 2 amide bonds. The third kappa shape index (κ3) is 6.01. The number of unbranched alkanes of at least 4 members (excludes halogenated alkanes) is 3. The molecule has 24 heavy (non-hydrogen) atoms. The van der Waals surface area contributed by atoms with Gasteiger partial charge in [0.2, 0.25) is 16.9 Å². The second kappa shape index (κ2) is 9.68. The molecule has 3 N–H and O–H groups in total. The molecule has 2 aromatic rings. The van der Waals surface area contributed by atoms with Gasteiger partial charge in [0, 0.05) is 30.8 Å². The lowest BCUT2D eigenvalue weighted by atomic mass is 10.1. The molecule has 0 aromatic carbocycles. The highest BCUT2D eigenvalue weighted by molar-refractivity contribution is 7.18. The Morgan fingerprint density at radius 2 is 1.67 bits per heavy atom. The quantitative estimate of drug-likeness (QED) is 0.363. The molecule has 9 heteroatoms. The molecular weight excluding hydrogens is 330 g/mol. The van der Waals surface area contributed by atoms with Gasteiger partial charge >= 0.3 is 0 Å². The molecule has 0 spiro atoms. The molecule has 128 valence electrons. The summed E-state index contributed by atoms with van der Waals surface area (Å²) in [5.41, 5.74) is 2.51. The maximum Gasteiger partial charge on any atom is 0.243 e. The van der Waals surface area contributed by atoms with Gasteiger partial charge in [0.05, 0.1) is 0 Å². The normalized spacial score (nSPS) is 10.4. The largest absolute Gasteiger partial charge is 0.301 e. The number of carbonyl (C=O) groups excluding carboxylic acids is 2. The topological polar surface area (TPSA) is 117 Å². The summed E-state index contributed by atoms with van der Waals surface area (Å²) in [6.45, 7) is 0. The van der Waals surface area contributed by atoms with Crippen LogP contribution in [0.4, 0.5) is 5.13 Å². The molecular formula is C15H19N5O3S. The summed E-state index contributed by atoms with van der Waals surface area (Å²) in [5.74, 6) is -0.477. The number of pyridine rings is 1. The molecule has 0 radical (unpaired) electrons. The van der Waals surface area contributed by atoms with E-state index in [4.69, 9.17) is 5.21 Å².